The van der Waals surface area contributed by atoms with Crippen LogP contribution in [0.5, 0.6) is 5.88 Å². The van der Waals surface area contributed by atoms with Gasteiger partial charge in [0.2, 0.25) is 5.88 Å². The number of rotatable bonds is 7. The number of piperidine rings is 1. The number of ether oxygens (including phenoxy) is 2. The summed E-state index contributed by atoms with van der Waals surface area (Å²) in [5, 5.41) is 9.42. The van der Waals surface area contributed by atoms with E-state index in [4.69, 9.17) is 19.4 Å². The fourth-order valence-electron chi connectivity index (χ4n) is 4.90. The molecule has 4 aromatic heterocycles. The molecular weight excluding hydrogens is 490 g/mol. The lowest BCUT2D eigenvalue weighted by Crippen LogP contribution is -2.43. The van der Waals surface area contributed by atoms with Crippen LogP contribution >= 0.6 is 11.3 Å². The van der Waals surface area contributed by atoms with E-state index in [-0.39, 0.29) is 18.1 Å². The van der Waals surface area contributed by atoms with Crippen LogP contribution in [0, 0.1) is 0 Å². The van der Waals surface area contributed by atoms with Crippen molar-refractivity contribution in [1.82, 2.24) is 34.5 Å². The van der Waals surface area contributed by atoms with Gasteiger partial charge in [-0.3, -0.25) is 9.48 Å². The average Bonchev–Trinajstić information content (AvgIpc) is 3.68. The van der Waals surface area contributed by atoms with Crippen LogP contribution in [-0.2, 0) is 18.2 Å². The minimum absolute atomic E-state index is 0.00720. The monoisotopic (exact) mass is 521 g/mol. The van der Waals surface area contributed by atoms with Crippen LogP contribution in [-0.4, -0.2) is 80.6 Å². The fourth-order valence-corrected chi connectivity index (χ4v) is 5.76. The summed E-state index contributed by atoms with van der Waals surface area (Å²) in [6, 6.07) is 4.16. The predicted molar refractivity (Wildman–Crippen MR) is 141 cm³/mol. The highest BCUT2D eigenvalue weighted by molar-refractivity contribution is 7.10. The van der Waals surface area contributed by atoms with Crippen molar-refractivity contribution >= 4 is 28.3 Å². The van der Waals surface area contributed by atoms with Crippen LogP contribution in [0.3, 0.4) is 0 Å². The number of hydrogen-bond acceptors (Lipinski definition) is 8. The SMILES string of the molecule is CN1CCC(NC(=O)c2csc(Cc3nc(O[C@H]4CCOC4)c4c(ccn4-c4cnn(C)c4)n3)c2)CC1. The molecule has 10 nitrogen and oxygen atoms in total. The van der Waals surface area contributed by atoms with E-state index in [1.165, 1.54) is 0 Å². The number of aromatic nitrogens is 5. The second-order valence-corrected chi connectivity index (χ2v) is 10.9. The van der Waals surface area contributed by atoms with Crippen molar-refractivity contribution in [3.8, 4) is 11.6 Å². The number of carbonyl (C=O) groups is 1. The molecule has 1 N–H and O–H groups in total. The molecule has 1 amide bonds. The quantitative estimate of drug-likeness (QED) is 0.399. The smallest absolute Gasteiger partial charge is 0.252 e. The van der Waals surface area contributed by atoms with E-state index in [0.29, 0.717) is 36.9 Å². The van der Waals surface area contributed by atoms with Crippen molar-refractivity contribution in [2.75, 3.05) is 33.4 Å². The highest BCUT2D eigenvalue weighted by Gasteiger charge is 2.23. The van der Waals surface area contributed by atoms with E-state index in [0.717, 1.165) is 53.9 Å². The Balaban J connectivity index is 1.24. The first-order valence-electron chi connectivity index (χ1n) is 12.7. The number of aryl methyl sites for hydroxylation is 1. The number of nitrogens with one attached hydrogen (secondary N) is 1. The van der Waals surface area contributed by atoms with Gasteiger partial charge < -0.3 is 24.3 Å². The van der Waals surface area contributed by atoms with Gasteiger partial charge in [0.25, 0.3) is 5.91 Å². The highest BCUT2D eigenvalue weighted by Crippen LogP contribution is 2.30. The Labute approximate surface area is 219 Å². The summed E-state index contributed by atoms with van der Waals surface area (Å²) in [5.74, 6) is 1.20. The molecule has 0 unspecified atom stereocenters. The van der Waals surface area contributed by atoms with Crippen molar-refractivity contribution in [3.63, 3.8) is 0 Å². The van der Waals surface area contributed by atoms with Crippen LogP contribution in [0.2, 0.25) is 0 Å². The van der Waals surface area contributed by atoms with E-state index < -0.39 is 0 Å². The third-order valence-corrected chi connectivity index (χ3v) is 7.92. The number of hydrogen-bond donors (Lipinski definition) is 1. The van der Waals surface area contributed by atoms with Gasteiger partial charge in [-0.1, -0.05) is 0 Å². The molecule has 2 saturated heterocycles. The summed E-state index contributed by atoms with van der Waals surface area (Å²) in [6.45, 7) is 3.27. The van der Waals surface area contributed by atoms with Crippen molar-refractivity contribution in [2.24, 2.45) is 7.05 Å². The van der Waals surface area contributed by atoms with Crippen molar-refractivity contribution in [2.45, 2.75) is 37.8 Å². The maximum absolute atomic E-state index is 12.8. The maximum Gasteiger partial charge on any atom is 0.252 e. The van der Waals surface area contributed by atoms with E-state index in [9.17, 15) is 4.79 Å². The molecule has 2 fully saturated rings. The molecule has 6 heterocycles. The Hall–Kier alpha value is -3.28. The van der Waals surface area contributed by atoms with Gasteiger partial charge in [0.1, 0.15) is 17.4 Å². The standard InChI is InChI=1S/C26H31N7O3S/c1-31-7-3-18(4-8-31)28-25(34)17-11-21(37-16-17)12-23-29-22-5-9-33(19-13-27-32(2)14-19)24(22)26(30-23)36-20-6-10-35-15-20/h5,9,11,13-14,16,18,20H,3-4,6-8,10,12,15H2,1-2H3,(H,28,34)/t20-/m0/s1. The van der Waals surface area contributed by atoms with Gasteiger partial charge in [-0.05, 0) is 45.1 Å². The average molecular weight is 522 g/mol. The minimum Gasteiger partial charge on any atom is -0.470 e. The van der Waals surface area contributed by atoms with Gasteiger partial charge in [-0.15, -0.1) is 11.3 Å². The van der Waals surface area contributed by atoms with Gasteiger partial charge in [0, 0.05) is 48.6 Å². The van der Waals surface area contributed by atoms with Gasteiger partial charge >= 0.3 is 0 Å². The van der Waals surface area contributed by atoms with E-state index in [1.807, 2.05) is 41.5 Å². The summed E-state index contributed by atoms with van der Waals surface area (Å²) >= 11 is 1.56. The zero-order chi connectivity index (χ0) is 25.4. The van der Waals surface area contributed by atoms with E-state index in [2.05, 4.69) is 22.4 Å². The van der Waals surface area contributed by atoms with Gasteiger partial charge in [-0.25, -0.2) is 4.98 Å². The Kier molecular flexibility index (Phi) is 6.66. The fraction of sp³-hybridized carbons (Fsp3) is 0.462. The normalized spacial score (nSPS) is 19.0. The second kappa shape index (κ2) is 10.2. The van der Waals surface area contributed by atoms with Crippen molar-refractivity contribution in [3.05, 3.63) is 52.4 Å². The molecule has 0 aromatic carbocycles. The van der Waals surface area contributed by atoms with Crippen LogP contribution in [0.25, 0.3) is 16.7 Å². The molecule has 0 bridgehead atoms. The number of carbonyl (C=O) groups excluding carboxylic acids is 1. The molecule has 0 radical (unpaired) electrons. The lowest BCUT2D eigenvalue weighted by Gasteiger charge is -2.29. The number of thiophene rings is 1. The molecule has 11 heteroatoms. The number of fused-ring (bicyclic) bond motifs is 1. The van der Waals surface area contributed by atoms with Gasteiger partial charge in [0.15, 0.2) is 0 Å². The number of nitrogens with zero attached hydrogens (tertiary/aromatic N) is 6. The third kappa shape index (κ3) is 5.25. The van der Waals surface area contributed by atoms with Gasteiger partial charge in [-0.2, -0.15) is 10.1 Å². The molecule has 1 atom stereocenters. The van der Waals surface area contributed by atoms with Crippen molar-refractivity contribution < 1.29 is 14.3 Å². The first-order chi connectivity index (χ1) is 18.0. The summed E-state index contributed by atoms with van der Waals surface area (Å²) < 4.78 is 15.6. The Morgan fingerprint density at radius 2 is 2.11 bits per heavy atom. The van der Waals surface area contributed by atoms with Crippen LogP contribution < -0.4 is 10.1 Å². The maximum atomic E-state index is 12.8. The van der Waals surface area contributed by atoms with Crippen LogP contribution in [0.4, 0.5) is 0 Å². The third-order valence-electron chi connectivity index (χ3n) is 6.99. The summed E-state index contributed by atoms with van der Waals surface area (Å²) in [4.78, 5) is 25.9. The molecule has 2 aliphatic rings. The van der Waals surface area contributed by atoms with Gasteiger partial charge in [0.05, 0.1) is 36.2 Å². The summed E-state index contributed by atoms with van der Waals surface area (Å²) in [5.41, 5.74) is 3.23. The molecule has 2 aliphatic heterocycles. The second-order valence-electron chi connectivity index (χ2n) is 9.87. The molecular formula is C26H31N7O3S. The van der Waals surface area contributed by atoms with Crippen molar-refractivity contribution in [1.29, 1.82) is 0 Å². The summed E-state index contributed by atoms with van der Waals surface area (Å²) in [7, 11) is 4.01. The molecule has 6 rings (SSSR count). The van der Waals surface area contributed by atoms with Crippen LogP contribution in [0.15, 0.2) is 36.1 Å². The number of amides is 1. The Bertz CT molecular complexity index is 1400. The lowest BCUT2D eigenvalue weighted by atomic mass is 10.1. The number of likely N-dealkylation sites (tertiary alicyclic amines) is 1. The largest absolute Gasteiger partial charge is 0.470 e. The molecule has 0 spiro atoms. The lowest BCUT2D eigenvalue weighted by molar-refractivity contribution is 0.0917. The molecule has 4 aromatic rings. The topological polar surface area (TPSA) is 99.3 Å². The van der Waals surface area contributed by atoms with Crippen LogP contribution in [0.1, 0.15) is 40.3 Å². The molecule has 0 saturated carbocycles. The first-order valence-corrected chi connectivity index (χ1v) is 13.6. The van der Waals surface area contributed by atoms with E-state index >= 15 is 0 Å². The molecule has 37 heavy (non-hydrogen) atoms. The predicted octanol–water partition coefficient (Wildman–Crippen LogP) is 2.80. The summed E-state index contributed by atoms with van der Waals surface area (Å²) in [6.07, 6.45) is 9.00. The first kappa shape index (κ1) is 24.1. The van der Waals surface area contributed by atoms with E-state index in [1.54, 1.807) is 22.2 Å². The molecule has 0 aliphatic carbocycles. The Morgan fingerprint density at radius 3 is 2.86 bits per heavy atom. The Morgan fingerprint density at radius 1 is 1.24 bits per heavy atom. The highest BCUT2D eigenvalue weighted by atomic mass is 32.1. The zero-order valence-electron chi connectivity index (χ0n) is 21.1. The minimum atomic E-state index is -0.0418. The zero-order valence-corrected chi connectivity index (χ0v) is 21.9. The molecule has 194 valence electrons.